The molecule has 1 rings (SSSR count). The van der Waals surface area contributed by atoms with Crippen molar-refractivity contribution in [1.29, 1.82) is 0 Å². The summed E-state index contributed by atoms with van der Waals surface area (Å²) in [6.07, 6.45) is 0.924. The van der Waals surface area contributed by atoms with Crippen molar-refractivity contribution in [2.75, 3.05) is 5.32 Å². The van der Waals surface area contributed by atoms with Gasteiger partial charge in [-0.25, -0.2) is 4.98 Å². The van der Waals surface area contributed by atoms with Gasteiger partial charge in [0, 0.05) is 0 Å². The molecule has 0 bridgehead atoms. The Hall–Kier alpha value is -2.30. The summed E-state index contributed by atoms with van der Waals surface area (Å²) in [6, 6.07) is -0.0846. The number of pyridine rings is 1. The second kappa shape index (κ2) is 4.91. The van der Waals surface area contributed by atoms with E-state index in [4.69, 9.17) is 6.42 Å². The van der Waals surface area contributed by atoms with Crippen LogP contribution in [0.1, 0.15) is 12.6 Å². The van der Waals surface area contributed by atoms with Gasteiger partial charge in [-0.05, 0) is 13.0 Å². The van der Waals surface area contributed by atoms with Crippen LogP contribution >= 0.6 is 0 Å². The van der Waals surface area contributed by atoms with Gasteiger partial charge in [0.05, 0.1) is 11.0 Å². The lowest BCUT2D eigenvalue weighted by Crippen LogP contribution is -2.16. The molecule has 0 saturated heterocycles. The summed E-state index contributed by atoms with van der Waals surface area (Å²) in [7, 11) is 0. The predicted molar refractivity (Wildman–Crippen MR) is 57.8 cm³/mol. The normalized spacial score (nSPS) is 12.6. The highest BCUT2D eigenvalue weighted by Crippen LogP contribution is 2.33. The highest BCUT2D eigenvalue weighted by Gasteiger charge is 2.34. The Balaban J connectivity index is 3.25. The number of alkyl halides is 3. The van der Waals surface area contributed by atoms with Crippen molar-refractivity contribution in [3.8, 4) is 12.3 Å². The quantitative estimate of drug-likeness (QED) is 0.514. The third-order valence-electron chi connectivity index (χ3n) is 1.99. The van der Waals surface area contributed by atoms with Crippen molar-refractivity contribution in [1.82, 2.24) is 4.98 Å². The standard InChI is InChI=1S/C10H8F3N3O2/c1-3-6(2)15-7-4-9(10(11,12)13)14-5-8(7)16(17)18/h1,4-6H,2H3,(H,14,15). The van der Waals surface area contributed by atoms with Crippen molar-refractivity contribution in [2.24, 2.45) is 0 Å². The minimum Gasteiger partial charge on any atom is -0.366 e. The first-order valence-electron chi connectivity index (χ1n) is 4.70. The molecular weight excluding hydrogens is 251 g/mol. The fourth-order valence-electron chi connectivity index (χ4n) is 1.14. The molecular formula is C10H8F3N3O2. The summed E-state index contributed by atoms with van der Waals surface area (Å²) in [6.45, 7) is 1.48. The maximum Gasteiger partial charge on any atom is 0.433 e. The van der Waals surface area contributed by atoms with E-state index in [0.29, 0.717) is 12.3 Å². The van der Waals surface area contributed by atoms with E-state index in [0.717, 1.165) is 0 Å². The number of nitrogens with zero attached hydrogens (tertiary/aromatic N) is 2. The molecule has 1 aromatic heterocycles. The zero-order valence-electron chi connectivity index (χ0n) is 9.15. The third kappa shape index (κ3) is 3.10. The van der Waals surface area contributed by atoms with Crippen LogP contribution < -0.4 is 5.32 Å². The number of terminal acetylenes is 1. The molecule has 0 amide bonds. The average molecular weight is 259 g/mol. The SMILES string of the molecule is C#CC(C)Nc1cc(C(F)(F)F)ncc1[N+](=O)[O-]. The zero-order valence-corrected chi connectivity index (χ0v) is 9.15. The van der Waals surface area contributed by atoms with Gasteiger partial charge in [-0.2, -0.15) is 13.2 Å². The number of hydrogen-bond donors (Lipinski definition) is 1. The number of aromatic nitrogens is 1. The van der Waals surface area contributed by atoms with E-state index in [-0.39, 0.29) is 5.69 Å². The van der Waals surface area contributed by atoms with Crippen molar-refractivity contribution in [3.05, 3.63) is 28.1 Å². The lowest BCUT2D eigenvalue weighted by atomic mass is 10.2. The molecule has 0 aromatic carbocycles. The van der Waals surface area contributed by atoms with Crippen molar-refractivity contribution >= 4 is 11.4 Å². The molecule has 8 heteroatoms. The van der Waals surface area contributed by atoms with E-state index in [9.17, 15) is 23.3 Å². The number of nitro groups is 1. The monoisotopic (exact) mass is 259 g/mol. The van der Waals surface area contributed by atoms with Crippen molar-refractivity contribution in [2.45, 2.75) is 19.1 Å². The van der Waals surface area contributed by atoms with E-state index >= 15 is 0 Å². The molecule has 0 spiro atoms. The Kier molecular flexibility index (Phi) is 3.76. The smallest absolute Gasteiger partial charge is 0.366 e. The van der Waals surface area contributed by atoms with Crippen molar-refractivity contribution < 1.29 is 18.1 Å². The Morgan fingerprint density at radius 1 is 1.61 bits per heavy atom. The molecule has 1 N–H and O–H groups in total. The molecule has 5 nitrogen and oxygen atoms in total. The number of nitrogens with one attached hydrogen (secondary N) is 1. The van der Waals surface area contributed by atoms with Crippen LogP contribution in [0.5, 0.6) is 0 Å². The van der Waals surface area contributed by atoms with E-state index in [1.54, 1.807) is 0 Å². The van der Waals surface area contributed by atoms with Crippen LogP contribution in [0.3, 0.4) is 0 Å². The number of halogens is 3. The first-order chi connectivity index (χ1) is 8.25. The van der Waals surface area contributed by atoms with Crippen LogP contribution in [0.2, 0.25) is 0 Å². The van der Waals surface area contributed by atoms with E-state index in [1.165, 1.54) is 6.92 Å². The Morgan fingerprint density at radius 2 is 2.22 bits per heavy atom. The Morgan fingerprint density at radius 3 is 2.67 bits per heavy atom. The highest BCUT2D eigenvalue weighted by atomic mass is 19.4. The van der Waals surface area contributed by atoms with Gasteiger partial charge in [-0.15, -0.1) is 6.42 Å². The molecule has 0 radical (unpaired) electrons. The minimum atomic E-state index is -4.68. The molecule has 1 atom stereocenters. The van der Waals surface area contributed by atoms with Crippen LogP contribution in [0.25, 0.3) is 0 Å². The summed E-state index contributed by atoms with van der Waals surface area (Å²) in [5, 5.41) is 13.1. The Labute approximate surface area is 100 Å². The summed E-state index contributed by atoms with van der Waals surface area (Å²) in [5.41, 5.74) is -2.10. The van der Waals surface area contributed by atoms with Gasteiger partial charge < -0.3 is 5.32 Å². The molecule has 0 aliphatic rings. The second-order valence-corrected chi connectivity index (χ2v) is 3.37. The summed E-state index contributed by atoms with van der Waals surface area (Å²) >= 11 is 0. The number of anilines is 1. The van der Waals surface area contributed by atoms with E-state index in [1.807, 2.05) is 0 Å². The van der Waals surface area contributed by atoms with E-state index < -0.39 is 28.5 Å². The molecule has 96 valence electrons. The van der Waals surface area contributed by atoms with Crippen molar-refractivity contribution in [3.63, 3.8) is 0 Å². The first-order valence-corrected chi connectivity index (χ1v) is 4.70. The van der Waals surface area contributed by atoms with Crippen LogP contribution in [0, 0.1) is 22.5 Å². The van der Waals surface area contributed by atoms with Crippen LogP contribution in [-0.2, 0) is 6.18 Å². The van der Waals surface area contributed by atoms with Gasteiger partial charge in [0.15, 0.2) is 0 Å². The minimum absolute atomic E-state index is 0.312. The lowest BCUT2D eigenvalue weighted by Gasteiger charge is -2.12. The van der Waals surface area contributed by atoms with Gasteiger partial charge in [-0.3, -0.25) is 10.1 Å². The van der Waals surface area contributed by atoms with Gasteiger partial charge in [0.2, 0.25) is 0 Å². The molecule has 0 fully saturated rings. The molecule has 0 aliphatic heterocycles. The molecule has 1 unspecified atom stereocenters. The fourth-order valence-corrected chi connectivity index (χ4v) is 1.14. The predicted octanol–water partition coefficient (Wildman–Crippen LogP) is 2.44. The number of hydrogen-bond acceptors (Lipinski definition) is 4. The maximum atomic E-state index is 12.4. The fraction of sp³-hybridized carbons (Fsp3) is 0.300. The van der Waals surface area contributed by atoms with Gasteiger partial charge in [0.1, 0.15) is 17.6 Å². The second-order valence-electron chi connectivity index (χ2n) is 3.37. The van der Waals surface area contributed by atoms with Gasteiger partial charge in [-0.1, -0.05) is 5.92 Å². The zero-order chi connectivity index (χ0) is 13.9. The van der Waals surface area contributed by atoms with Gasteiger partial charge in [0.25, 0.3) is 0 Å². The highest BCUT2D eigenvalue weighted by molar-refractivity contribution is 5.62. The molecule has 0 saturated carbocycles. The molecule has 1 aromatic rings. The topological polar surface area (TPSA) is 68.1 Å². The summed E-state index contributed by atoms with van der Waals surface area (Å²) in [5.74, 6) is 2.20. The average Bonchev–Trinajstić information content (AvgIpc) is 2.27. The molecule has 18 heavy (non-hydrogen) atoms. The summed E-state index contributed by atoms with van der Waals surface area (Å²) in [4.78, 5) is 12.8. The Bertz CT molecular complexity index is 508. The molecule has 0 aliphatic carbocycles. The van der Waals surface area contributed by atoms with Crippen LogP contribution in [0.15, 0.2) is 12.3 Å². The largest absolute Gasteiger partial charge is 0.433 e. The summed E-state index contributed by atoms with van der Waals surface area (Å²) < 4.78 is 37.3. The van der Waals surface area contributed by atoms with E-state index in [2.05, 4.69) is 16.2 Å². The van der Waals surface area contributed by atoms with Gasteiger partial charge >= 0.3 is 11.9 Å². The third-order valence-corrected chi connectivity index (χ3v) is 1.99. The van der Waals surface area contributed by atoms with Crippen LogP contribution in [0.4, 0.5) is 24.5 Å². The maximum absolute atomic E-state index is 12.4. The molecule has 1 heterocycles. The van der Waals surface area contributed by atoms with Crippen LogP contribution in [-0.4, -0.2) is 15.9 Å². The lowest BCUT2D eigenvalue weighted by molar-refractivity contribution is -0.384. The first kappa shape index (κ1) is 13.8. The number of rotatable bonds is 3.